The lowest BCUT2D eigenvalue weighted by Gasteiger charge is -2.30. The van der Waals surface area contributed by atoms with Crippen LogP contribution in [0.15, 0.2) is 12.4 Å². The van der Waals surface area contributed by atoms with Crippen LogP contribution >= 0.6 is 22.6 Å². The molecule has 1 aliphatic heterocycles. The zero-order chi connectivity index (χ0) is 12.4. The number of halogens is 1. The molecular weight excluding hydrogens is 339 g/mol. The van der Waals surface area contributed by atoms with E-state index in [9.17, 15) is 0 Å². The van der Waals surface area contributed by atoms with E-state index in [1.807, 2.05) is 12.4 Å². The minimum Gasteiger partial charge on any atom is -0.336 e. The number of hydrogen-bond acceptors (Lipinski definition) is 4. The van der Waals surface area contributed by atoms with Crippen molar-refractivity contribution in [1.82, 2.24) is 15.3 Å². The zero-order valence-corrected chi connectivity index (χ0v) is 12.6. The third kappa shape index (κ3) is 3.12. The number of nitrogens with zero attached hydrogens (tertiary/aromatic N) is 3. The van der Waals surface area contributed by atoms with Gasteiger partial charge in [0, 0.05) is 34.6 Å². The van der Waals surface area contributed by atoms with Crippen LogP contribution in [0.5, 0.6) is 0 Å². The number of rotatable bonds is 4. The molecule has 1 aromatic rings. The Labute approximate surface area is 122 Å². The van der Waals surface area contributed by atoms with Crippen LogP contribution < -0.4 is 10.2 Å². The Kier molecular flexibility index (Phi) is 3.98. The summed E-state index contributed by atoms with van der Waals surface area (Å²) in [6.45, 7) is 2.22. The van der Waals surface area contributed by atoms with Crippen LogP contribution in [0.25, 0.3) is 0 Å². The standard InChI is InChI=1S/C13H19IN4/c14-10-7-16-13(17-8-10)18(12-4-5-12)9-11-3-1-2-6-15-11/h7-8,11-12,15H,1-6,9H2. The average Bonchev–Trinajstić information content (AvgIpc) is 3.23. The molecule has 1 N–H and O–H groups in total. The van der Waals surface area contributed by atoms with Gasteiger partial charge >= 0.3 is 0 Å². The maximum Gasteiger partial charge on any atom is 0.225 e. The molecule has 1 saturated carbocycles. The molecule has 0 amide bonds. The number of piperidine rings is 1. The van der Waals surface area contributed by atoms with E-state index in [4.69, 9.17) is 0 Å². The van der Waals surface area contributed by atoms with Gasteiger partial charge in [0.25, 0.3) is 0 Å². The molecule has 2 aliphatic rings. The molecule has 5 heteroatoms. The van der Waals surface area contributed by atoms with Gasteiger partial charge in [-0.25, -0.2) is 9.97 Å². The van der Waals surface area contributed by atoms with Crippen LogP contribution in [0.2, 0.25) is 0 Å². The van der Waals surface area contributed by atoms with Crippen molar-refractivity contribution in [2.45, 2.75) is 44.2 Å². The van der Waals surface area contributed by atoms with E-state index in [0.717, 1.165) is 22.6 Å². The first-order valence-electron chi connectivity index (χ1n) is 6.80. The van der Waals surface area contributed by atoms with Gasteiger partial charge in [-0.15, -0.1) is 0 Å². The lowest BCUT2D eigenvalue weighted by atomic mass is 10.0. The van der Waals surface area contributed by atoms with Crippen LogP contribution in [0.1, 0.15) is 32.1 Å². The highest BCUT2D eigenvalue weighted by Gasteiger charge is 2.32. The molecule has 18 heavy (non-hydrogen) atoms. The van der Waals surface area contributed by atoms with Gasteiger partial charge < -0.3 is 10.2 Å². The SMILES string of the molecule is Ic1cnc(N(CC2CCCCN2)C2CC2)nc1. The predicted molar refractivity (Wildman–Crippen MR) is 80.8 cm³/mol. The fraction of sp³-hybridized carbons (Fsp3) is 0.692. The van der Waals surface area contributed by atoms with Gasteiger partial charge in [-0.1, -0.05) is 6.42 Å². The second-order valence-electron chi connectivity index (χ2n) is 5.23. The highest BCUT2D eigenvalue weighted by atomic mass is 127. The fourth-order valence-corrected chi connectivity index (χ4v) is 2.83. The Balaban J connectivity index is 1.69. The van der Waals surface area contributed by atoms with Gasteiger partial charge in [0.2, 0.25) is 5.95 Å². The van der Waals surface area contributed by atoms with E-state index in [-0.39, 0.29) is 0 Å². The second-order valence-corrected chi connectivity index (χ2v) is 6.48. The van der Waals surface area contributed by atoms with Crippen molar-refractivity contribution < 1.29 is 0 Å². The van der Waals surface area contributed by atoms with Gasteiger partial charge in [-0.2, -0.15) is 0 Å². The molecule has 0 spiro atoms. The maximum atomic E-state index is 4.48. The summed E-state index contributed by atoms with van der Waals surface area (Å²) in [5.41, 5.74) is 0. The number of hydrogen-bond donors (Lipinski definition) is 1. The molecule has 2 heterocycles. The maximum absolute atomic E-state index is 4.48. The van der Waals surface area contributed by atoms with E-state index in [0.29, 0.717) is 12.1 Å². The van der Waals surface area contributed by atoms with E-state index in [2.05, 4.69) is 42.8 Å². The average molecular weight is 358 g/mol. The van der Waals surface area contributed by atoms with Crippen molar-refractivity contribution in [3.05, 3.63) is 16.0 Å². The molecule has 0 bridgehead atoms. The van der Waals surface area contributed by atoms with Gasteiger partial charge in [0.1, 0.15) is 0 Å². The first kappa shape index (κ1) is 12.6. The summed E-state index contributed by atoms with van der Waals surface area (Å²) in [6, 6.07) is 1.29. The number of aromatic nitrogens is 2. The third-order valence-corrected chi connectivity index (χ3v) is 4.24. The van der Waals surface area contributed by atoms with Gasteiger partial charge in [0.15, 0.2) is 0 Å². The summed E-state index contributed by atoms with van der Waals surface area (Å²) in [4.78, 5) is 11.4. The monoisotopic (exact) mass is 358 g/mol. The Bertz CT molecular complexity index is 384. The molecule has 3 rings (SSSR count). The Morgan fingerprint density at radius 2 is 2.00 bits per heavy atom. The van der Waals surface area contributed by atoms with E-state index in [1.54, 1.807) is 0 Å². The third-order valence-electron chi connectivity index (χ3n) is 3.68. The number of anilines is 1. The summed E-state index contributed by atoms with van der Waals surface area (Å²) >= 11 is 2.25. The fourth-order valence-electron chi connectivity index (χ4n) is 2.55. The topological polar surface area (TPSA) is 41.1 Å². The van der Waals surface area contributed by atoms with Gasteiger partial charge in [-0.05, 0) is 54.8 Å². The van der Waals surface area contributed by atoms with Crippen LogP contribution in [0, 0.1) is 3.57 Å². The van der Waals surface area contributed by atoms with Crippen molar-refractivity contribution in [1.29, 1.82) is 0 Å². The molecule has 2 fully saturated rings. The van der Waals surface area contributed by atoms with E-state index < -0.39 is 0 Å². The lowest BCUT2D eigenvalue weighted by molar-refractivity contribution is 0.397. The molecule has 1 aliphatic carbocycles. The van der Waals surface area contributed by atoms with Crippen LogP contribution in [0.3, 0.4) is 0 Å². The molecule has 1 aromatic heterocycles. The summed E-state index contributed by atoms with van der Waals surface area (Å²) in [7, 11) is 0. The minimum absolute atomic E-state index is 0.613. The molecule has 0 radical (unpaired) electrons. The Morgan fingerprint density at radius 1 is 1.22 bits per heavy atom. The second kappa shape index (κ2) is 5.69. The summed E-state index contributed by atoms with van der Waals surface area (Å²) in [6.07, 6.45) is 10.4. The van der Waals surface area contributed by atoms with E-state index in [1.165, 1.54) is 32.1 Å². The molecule has 1 unspecified atom stereocenters. The highest BCUT2D eigenvalue weighted by Crippen LogP contribution is 2.30. The quantitative estimate of drug-likeness (QED) is 0.838. The zero-order valence-electron chi connectivity index (χ0n) is 10.5. The Hall–Kier alpha value is -0.430. The highest BCUT2D eigenvalue weighted by molar-refractivity contribution is 14.1. The summed E-state index contributed by atoms with van der Waals surface area (Å²) in [5.74, 6) is 0.908. The normalized spacial score (nSPS) is 23.9. The molecule has 0 aromatic carbocycles. The minimum atomic E-state index is 0.613. The van der Waals surface area contributed by atoms with Crippen LogP contribution in [-0.2, 0) is 0 Å². The van der Waals surface area contributed by atoms with Gasteiger partial charge in [0.05, 0.1) is 0 Å². The van der Waals surface area contributed by atoms with Crippen molar-refractivity contribution in [3.8, 4) is 0 Å². The largest absolute Gasteiger partial charge is 0.336 e. The van der Waals surface area contributed by atoms with Crippen molar-refractivity contribution in [3.63, 3.8) is 0 Å². The first-order chi connectivity index (χ1) is 8.83. The molecule has 1 saturated heterocycles. The first-order valence-corrected chi connectivity index (χ1v) is 7.88. The molecule has 98 valence electrons. The summed E-state index contributed by atoms with van der Waals surface area (Å²) < 4.78 is 1.10. The smallest absolute Gasteiger partial charge is 0.225 e. The number of nitrogens with one attached hydrogen (secondary N) is 1. The van der Waals surface area contributed by atoms with Crippen molar-refractivity contribution in [2.24, 2.45) is 0 Å². The van der Waals surface area contributed by atoms with Gasteiger partial charge in [-0.3, -0.25) is 0 Å². The van der Waals surface area contributed by atoms with Crippen molar-refractivity contribution >= 4 is 28.5 Å². The lowest BCUT2D eigenvalue weighted by Crippen LogP contribution is -2.45. The van der Waals surface area contributed by atoms with E-state index >= 15 is 0 Å². The predicted octanol–water partition coefficient (Wildman–Crippen LogP) is 2.19. The molecule has 4 nitrogen and oxygen atoms in total. The molecular formula is C13H19IN4. The van der Waals surface area contributed by atoms with Crippen molar-refractivity contribution in [2.75, 3.05) is 18.0 Å². The van der Waals surface area contributed by atoms with Crippen LogP contribution in [0.4, 0.5) is 5.95 Å². The Morgan fingerprint density at radius 3 is 2.61 bits per heavy atom. The molecule has 1 atom stereocenters. The summed E-state index contributed by atoms with van der Waals surface area (Å²) in [5, 5.41) is 3.61. The van der Waals surface area contributed by atoms with Crippen LogP contribution in [-0.4, -0.2) is 35.1 Å².